The van der Waals surface area contributed by atoms with Crippen LogP contribution in [0.4, 0.5) is 5.69 Å². The molecule has 33 heavy (non-hydrogen) atoms. The van der Waals surface area contributed by atoms with Crippen LogP contribution in [0.5, 0.6) is 5.75 Å². The molecule has 0 atom stereocenters. The van der Waals surface area contributed by atoms with Gasteiger partial charge in [0.2, 0.25) is 10.0 Å². The topological polar surface area (TPSA) is 104 Å². The van der Waals surface area contributed by atoms with Gasteiger partial charge < -0.3 is 9.64 Å². The molecule has 180 valence electrons. The molecular formula is C22H29N3O6S2. The van der Waals surface area contributed by atoms with Crippen molar-refractivity contribution in [2.24, 2.45) is 0 Å². The smallest absolute Gasteiger partial charge is 0.264 e. The van der Waals surface area contributed by atoms with Gasteiger partial charge >= 0.3 is 0 Å². The van der Waals surface area contributed by atoms with Gasteiger partial charge in [0.25, 0.3) is 15.9 Å². The number of rotatable bonds is 7. The van der Waals surface area contributed by atoms with E-state index < -0.39 is 20.0 Å². The van der Waals surface area contributed by atoms with Gasteiger partial charge in [-0.2, -0.15) is 0 Å². The number of carbonyl (C=O) groups excluding carboxylic acids is 1. The summed E-state index contributed by atoms with van der Waals surface area (Å²) in [7, 11) is -5.49. The lowest BCUT2D eigenvalue weighted by Gasteiger charge is -2.21. The van der Waals surface area contributed by atoms with Crippen LogP contribution in [0.15, 0.2) is 53.4 Å². The third-order valence-corrected chi connectivity index (χ3v) is 8.62. The van der Waals surface area contributed by atoms with Crippen LogP contribution in [0.1, 0.15) is 12.0 Å². The number of hydrogen-bond acceptors (Lipinski definition) is 6. The summed E-state index contributed by atoms with van der Waals surface area (Å²) in [5, 5.41) is 0. The molecule has 0 radical (unpaired) electrons. The number of sulfonamides is 2. The summed E-state index contributed by atoms with van der Waals surface area (Å²) >= 11 is 0. The van der Waals surface area contributed by atoms with Crippen molar-refractivity contribution in [3.8, 4) is 5.75 Å². The van der Waals surface area contributed by atoms with Gasteiger partial charge in [0.15, 0.2) is 6.61 Å². The molecule has 0 aliphatic carbocycles. The number of aryl methyl sites for hydroxylation is 1. The van der Waals surface area contributed by atoms with Crippen molar-refractivity contribution in [1.82, 2.24) is 9.21 Å². The lowest BCUT2D eigenvalue weighted by atomic mass is 10.2. The molecule has 1 aliphatic rings. The Hall–Kier alpha value is -2.63. The number of nitrogens with zero attached hydrogens (tertiary/aromatic N) is 3. The Morgan fingerprint density at radius 1 is 0.939 bits per heavy atom. The van der Waals surface area contributed by atoms with E-state index in [9.17, 15) is 21.6 Å². The van der Waals surface area contributed by atoms with Gasteiger partial charge in [0.1, 0.15) is 5.75 Å². The van der Waals surface area contributed by atoms with Gasteiger partial charge in [-0.25, -0.2) is 21.1 Å². The Morgan fingerprint density at radius 3 is 2.18 bits per heavy atom. The summed E-state index contributed by atoms with van der Waals surface area (Å²) < 4.78 is 57.3. The average molecular weight is 496 g/mol. The number of amides is 1. The number of hydrogen-bond donors (Lipinski definition) is 0. The van der Waals surface area contributed by atoms with E-state index in [-0.39, 0.29) is 24.0 Å². The Morgan fingerprint density at radius 2 is 1.58 bits per heavy atom. The van der Waals surface area contributed by atoms with Gasteiger partial charge in [-0.1, -0.05) is 17.7 Å². The quantitative estimate of drug-likeness (QED) is 0.579. The van der Waals surface area contributed by atoms with Gasteiger partial charge in [-0.05, 0) is 49.7 Å². The monoisotopic (exact) mass is 495 g/mol. The molecule has 11 heteroatoms. The lowest BCUT2D eigenvalue weighted by molar-refractivity contribution is -0.133. The Bertz CT molecular complexity index is 1180. The minimum absolute atomic E-state index is 0.185. The molecular weight excluding hydrogens is 466 g/mol. The fourth-order valence-corrected chi connectivity index (χ4v) is 5.54. The standard InChI is InChI=1S/C22H29N3O6S2/c1-18-5-11-21(12-6-18)33(29,30)23(2)19-7-9-20(10-8-19)31-17-22(26)24-13-4-14-25(16-15-24)32(3,27)28/h5-12H,4,13-17H2,1-3H3. The second kappa shape index (κ2) is 10.1. The van der Waals surface area contributed by atoms with Crippen LogP contribution in [0.3, 0.4) is 0 Å². The zero-order valence-corrected chi connectivity index (χ0v) is 20.6. The van der Waals surface area contributed by atoms with E-state index in [1.165, 1.54) is 21.9 Å². The third-order valence-electron chi connectivity index (χ3n) is 5.52. The van der Waals surface area contributed by atoms with Crippen molar-refractivity contribution in [3.05, 3.63) is 54.1 Å². The summed E-state index contributed by atoms with van der Waals surface area (Å²) in [5.74, 6) is 0.203. The van der Waals surface area contributed by atoms with E-state index in [2.05, 4.69) is 0 Å². The Kier molecular flexibility index (Phi) is 7.65. The molecule has 0 aromatic heterocycles. The van der Waals surface area contributed by atoms with Crippen LogP contribution in [0, 0.1) is 6.92 Å². The van der Waals surface area contributed by atoms with E-state index in [0.29, 0.717) is 37.5 Å². The minimum Gasteiger partial charge on any atom is -0.484 e. The maximum Gasteiger partial charge on any atom is 0.264 e. The van der Waals surface area contributed by atoms with E-state index in [1.54, 1.807) is 53.4 Å². The lowest BCUT2D eigenvalue weighted by Crippen LogP contribution is -2.39. The highest BCUT2D eigenvalue weighted by Gasteiger charge is 2.24. The zero-order valence-electron chi connectivity index (χ0n) is 19.0. The van der Waals surface area contributed by atoms with Gasteiger partial charge in [0, 0.05) is 33.2 Å². The second-order valence-electron chi connectivity index (χ2n) is 7.96. The largest absolute Gasteiger partial charge is 0.484 e. The fraction of sp³-hybridized carbons (Fsp3) is 0.409. The summed E-state index contributed by atoms with van der Waals surface area (Å²) in [5.41, 5.74) is 1.43. The third kappa shape index (κ3) is 6.24. The van der Waals surface area contributed by atoms with Crippen molar-refractivity contribution in [2.45, 2.75) is 18.2 Å². The first-order valence-electron chi connectivity index (χ1n) is 10.5. The van der Waals surface area contributed by atoms with Crippen molar-refractivity contribution in [1.29, 1.82) is 0 Å². The molecule has 0 saturated carbocycles. The van der Waals surface area contributed by atoms with E-state index >= 15 is 0 Å². The predicted octanol–water partition coefficient (Wildman–Crippen LogP) is 1.69. The molecule has 0 N–H and O–H groups in total. The molecule has 1 heterocycles. The first-order valence-corrected chi connectivity index (χ1v) is 13.8. The minimum atomic E-state index is -3.70. The molecule has 1 aliphatic heterocycles. The SMILES string of the molecule is Cc1ccc(S(=O)(=O)N(C)c2ccc(OCC(=O)N3CCCN(S(C)(=O)=O)CC3)cc2)cc1. The molecule has 1 amide bonds. The first-order chi connectivity index (χ1) is 15.5. The summed E-state index contributed by atoms with van der Waals surface area (Å²) in [6, 6.07) is 13.1. The van der Waals surface area contributed by atoms with Gasteiger partial charge in [0.05, 0.1) is 16.8 Å². The number of anilines is 1. The molecule has 0 unspecified atom stereocenters. The number of carbonyl (C=O) groups is 1. The molecule has 0 spiro atoms. The number of benzene rings is 2. The predicted molar refractivity (Wildman–Crippen MR) is 126 cm³/mol. The second-order valence-corrected chi connectivity index (χ2v) is 11.9. The molecule has 2 aromatic rings. The molecule has 9 nitrogen and oxygen atoms in total. The van der Waals surface area contributed by atoms with Crippen LogP contribution in [-0.2, 0) is 24.8 Å². The van der Waals surface area contributed by atoms with Crippen molar-refractivity contribution in [2.75, 3.05) is 50.4 Å². The summed E-state index contributed by atoms with van der Waals surface area (Å²) in [4.78, 5) is 14.3. The van der Waals surface area contributed by atoms with Gasteiger partial charge in [-0.15, -0.1) is 0 Å². The van der Waals surface area contributed by atoms with Crippen LogP contribution in [0.25, 0.3) is 0 Å². The highest BCUT2D eigenvalue weighted by atomic mass is 32.2. The molecule has 1 saturated heterocycles. The normalized spacial score (nSPS) is 15.7. The zero-order chi connectivity index (χ0) is 24.2. The molecule has 1 fully saturated rings. The maximum atomic E-state index is 12.8. The summed E-state index contributed by atoms with van der Waals surface area (Å²) in [6.45, 7) is 3.14. The Balaban J connectivity index is 1.58. The number of ether oxygens (including phenoxy) is 1. The van der Waals surface area contributed by atoms with Crippen molar-refractivity contribution < 1.29 is 26.4 Å². The van der Waals surface area contributed by atoms with E-state index in [1.807, 2.05) is 6.92 Å². The Labute approximate surface area is 195 Å². The maximum absolute atomic E-state index is 12.8. The fourth-order valence-electron chi connectivity index (χ4n) is 3.47. The van der Waals surface area contributed by atoms with Crippen LogP contribution < -0.4 is 9.04 Å². The molecule has 0 bridgehead atoms. The van der Waals surface area contributed by atoms with Crippen LogP contribution in [-0.4, -0.2) is 78.0 Å². The average Bonchev–Trinajstić information content (AvgIpc) is 3.04. The van der Waals surface area contributed by atoms with E-state index in [0.717, 1.165) is 5.56 Å². The highest BCUT2D eigenvalue weighted by Crippen LogP contribution is 2.24. The first kappa shape index (κ1) is 25.0. The highest BCUT2D eigenvalue weighted by molar-refractivity contribution is 7.92. The van der Waals surface area contributed by atoms with Crippen LogP contribution in [0.2, 0.25) is 0 Å². The molecule has 2 aromatic carbocycles. The molecule has 3 rings (SSSR count). The van der Waals surface area contributed by atoms with Crippen molar-refractivity contribution in [3.63, 3.8) is 0 Å². The summed E-state index contributed by atoms with van der Waals surface area (Å²) in [6.07, 6.45) is 1.73. The van der Waals surface area contributed by atoms with Crippen LogP contribution >= 0.6 is 0 Å². The van der Waals surface area contributed by atoms with E-state index in [4.69, 9.17) is 4.74 Å². The van der Waals surface area contributed by atoms with Crippen molar-refractivity contribution >= 4 is 31.6 Å². The van der Waals surface area contributed by atoms with Gasteiger partial charge in [-0.3, -0.25) is 9.10 Å².